The van der Waals surface area contributed by atoms with Crippen LogP contribution in [-0.4, -0.2) is 8.80 Å². The molecule has 1 fully saturated rings. The number of unbranched alkanes of at least 4 members (excludes halogenated alkanes) is 1. The summed E-state index contributed by atoms with van der Waals surface area (Å²) in [7, 11) is -0.773. The second kappa shape index (κ2) is 7.16. The molecule has 0 nitrogen and oxygen atoms in total. The maximum absolute atomic E-state index is 14.3. The molecular weight excluding hydrogens is 270 g/mol. The SMILES string of the molecule is C=C[SiH]1CCC(c2ccc(CCCC)c(F)c2F)CC1. The van der Waals surface area contributed by atoms with Crippen molar-refractivity contribution < 1.29 is 8.78 Å². The molecule has 3 heteroatoms. The average molecular weight is 294 g/mol. The molecule has 110 valence electrons. The first-order valence-corrected chi connectivity index (χ1v) is 10.1. The molecule has 0 atom stereocenters. The zero-order valence-corrected chi connectivity index (χ0v) is 13.5. The van der Waals surface area contributed by atoms with Crippen molar-refractivity contribution in [1.29, 1.82) is 0 Å². The van der Waals surface area contributed by atoms with Gasteiger partial charge < -0.3 is 0 Å². The van der Waals surface area contributed by atoms with Crippen molar-refractivity contribution in [3.63, 3.8) is 0 Å². The highest BCUT2D eigenvalue weighted by Gasteiger charge is 2.25. The normalized spacial score (nSPS) is 22.8. The van der Waals surface area contributed by atoms with Crippen LogP contribution in [0.2, 0.25) is 12.1 Å². The van der Waals surface area contributed by atoms with Gasteiger partial charge in [0.05, 0.1) is 8.80 Å². The van der Waals surface area contributed by atoms with Crippen LogP contribution in [0.3, 0.4) is 0 Å². The van der Waals surface area contributed by atoms with Crippen LogP contribution in [0.5, 0.6) is 0 Å². The summed E-state index contributed by atoms with van der Waals surface area (Å²) in [5.74, 6) is -1.00. The van der Waals surface area contributed by atoms with Gasteiger partial charge in [-0.15, -0.1) is 12.3 Å². The molecular formula is C17H24F2Si. The molecule has 1 aromatic rings. The molecule has 0 saturated carbocycles. The highest BCUT2D eigenvalue weighted by Crippen LogP contribution is 2.36. The first-order valence-electron chi connectivity index (χ1n) is 7.76. The predicted molar refractivity (Wildman–Crippen MR) is 83.9 cm³/mol. The Morgan fingerprint density at radius 3 is 2.55 bits per heavy atom. The maximum atomic E-state index is 14.3. The van der Waals surface area contributed by atoms with Crippen LogP contribution in [-0.2, 0) is 6.42 Å². The van der Waals surface area contributed by atoms with Crippen molar-refractivity contribution in [3.8, 4) is 0 Å². The van der Waals surface area contributed by atoms with E-state index >= 15 is 0 Å². The molecule has 2 rings (SSSR count). The zero-order chi connectivity index (χ0) is 14.5. The van der Waals surface area contributed by atoms with Gasteiger partial charge in [0.15, 0.2) is 11.6 Å². The Morgan fingerprint density at radius 1 is 1.25 bits per heavy atom. The molecule has 0 amide bonds. The van der Waals surface area contributed by atoms with Gasteiger partial charge in [-0.1, -0.05) is 37.6 Å². The largest absolute Gasteiger partial charge is 0.203 e. The van der Waals surface area contributed by atoms with Crippen molar-refractivity contribution in [2.45, 2.75) is 57.0 Å². The van der Waals surface area contributed by atoms with Crippen molar-refractivity contribution in [2.75, 3.05) is 0 Å². The van der Waals surface area contributed by atoms with Gasteiger partial charge in [0.1, 0.15) is 0 Å². The van der Waals surface area contributed by atoms with Gasteiger partial charge in [0.2, 0.25) is 0 Å². The molecule has 1 aromatic carbocycles. The van der Waals surface area contributed by atoms with Gasteiger partial charge >= 0.3 is 0 Å². The highest BCUT2D eigenvalue weighted by molar-refractivity contribution is 6.64. The van der Waals surface area contributed by atoms with Gasteiger partial charge in [-0.2, -0.15) is 0 Å². The molecule has 0 radical (unpaired) electrons. The Morgan fingerprint density at radius 2 is 1.95 bits per heavy atom. The molecule has 1 aliphatic rings. The van der Waals surface area contributed by atoms with Crippen molar-refractivity contribution in [3.05, 3.63) is 47.2 Å². The lowest BCUT2D eigenvalue weighted by Crippen LogP contribution is -2.19. The summed E-state index contributed by atoms with van der Waals surface area (Å²) in [5, 5.41) is 0. The molecule has 0 aromatic heterocycles. The van der Waals surface area contributed by atoms with Crippen LogP contribution in [0.1, 0.15) is 49.7 Å². The van der Waals surface area contributed by atoms with Crippen LogP contribution in [0.4, 0.5) is 8.78 Å². The number of aryl methyl sites for hydroxylation is 1. The van der Waals surface area contributed by atoms with E-state index in [0.29, 0.717) is 17.5 Å². The van der Waals surface area contributed by atoms with E-state index in [1.165, 1.54) is 12.1 Å². The monoisotopic (exact) mass is 294 g/mol. The third-order valence-corrected chi connectivity index (χ3v) is 7.35. The van der Waals surface area contributed by atoms with E-state index < -0.39 is 20.4 Å². The third kappa shape index (κ3) is 3.37. The second-order valence-corrected chi connectivity index (χ2v) is 9.04. The smallest absolute Gasteiger partial charge is 0.162 e. The van der Waals surface area contributed by atoms with Gasteiger partial charge in [0, 0.05) is 0 Å². The van der Waals surface area contributed by atoms with Crippen LogP contribution in [0, 0.1) is 11.6 Å². The minimum absolute atomic E-state index is 0.202. The number of rotatable bonds is 5. The lowest BCUT2D eigenvalue weighted by Gasteiger charge is -2.26. The summed E-state index contributed by atoms with van der Waals surface area (Å²) in [6, 6.07) is 5.96. The van der Waals surface area contributed by atoms with E-state index in [4.69, 9.17) is 0 Å². The summed E-state index contributed by atoms with van der Waals surface area (Å²) in [6.07, 6.45) is 4.53. The van der Waals surface area contributed by atoms with Crippen molar-refractivity contribution in [1.82, 2.24) is 0 Å². The molecule has 0 bridgehead atoms. The van der Waals surface area contributed by atoms with Gasteiger partial charge in [0.25, 0.3) is 0 Å². The molecule has 0 aliphatic carbocycles. The fourth-order valence-electron chi connectivity index (χ4n) is 3.15. The summed E-state index contributed by atoms with van der Waals surface area (Å²) in [6.45, 7) is 5.94. The number of halogens is 2. The Labute approximate surface area is 122 Å². The summed E-state index contributed by atoms with van der Waals surface area (Å²) < 4.78 is 28.4. The lowest BCUT2D eigenvalue weighted by atomic mass is 9.91. The van der Waals surface area contributed by atoms with Crippen molar-refractivity contribution in [2.24, 2.45) is 0 Å². The average Bonchev–Trinajstić information content (AvgIpc) is 2.49. The fraction of sp³-hybridized carbons (Fsp3) is 0.529. The highest BCUT2D eigenvalue weighted by atomic mass is 28.3. The molecule has 1 saturated heterocycles. The van der Waals surface area contributed by atoms with E-state index in [2.05, 4.69) is 19.2 Å². The van der Waals surface area contributed by atoms with Crippen LogP contribution in [0.15, 0.2) is 24.4 Å². The van der Waals surface area contributed by atoms with Crippen molar-refractivity contribution >= 4 is 8.80 Å². The second-order valence-electron chi connectivity index (χ2n) is 5.89. The van der Waals surface area contributed by atoms with Gasteiger partial charge in [-0.3, -0.25) is 0 Å². The first kappa shape index (κ1) is 15.4. The maximum Gasteiger partial charge on any atom is 0.162 e. The Bertz CT molecular complexity index is 462. The number of hydrogen-bond donors (Lipinski definition) is 0. The predicted octanol–water partition coefficient (Wildman–Crippen LogP) is 5.14. The Kier molecular flexibility index (Phi) is 5.52. The zero-order valence-electron chi connectivity index (χ0n) is 12.3. The van der Waals surface area contributed by atoms with E-state index in [-0.39, 0.29) is 5.92 Å². The van der Waals surface area contributed by atoms with Crippen LogP contribution >= 0.6 is 0 Å². The Hall–Kier alpha value is -0.963. The van der Waals surface area contributed by atoms with Crippen LogP contribution < -0.4 is 0 Å². The minimum atomic E-state index is -0.773. The van der Waals surface area contributed by atoms with E-state index in [1.54, 1.807) is 6.07 Å². The van der Waals surface area contributed by atoms with E-state index in [1.807, 2.05) is 6.07 Å². The quantitative estimate of drug-likeness (QED) is 0.660. The number of benzene rings is 1. The fourth-order valence-corrected chi connectivity index (χ4v) is 5.57. The van der Waals surface area contributed by atoms with E-state index in [0.717, 1.165) is 25.7 Å². The molecule has 1 aliphatic heterocycles. The minimum Gasteiger partial charge on any atom is -0.203 e. The molecule has 0 N–H and O–H groups in total. The van der Waals surface area contributed by atoms with E-state index in [9.17, 15) is 8.78 Å². The first-order chi connectivity index (χ1) is 9.67. The standard InChI is InChI=1S/C17H24F2Si/c1-3-5-6-14-7-8-15(17(19)16(14)18)13-9-11-20(4-2)12-10-13/h4,7-8,13,20H,2-3,5-6,9-12H2,1H3. The number of hydrogen-bond acceptors (Lipinski definition) is 0. The molecule has 0 unspecified atom stereocenters. The Balaban J connectivity index is 2.13. The van der Waals surface area contributed by atoms with Gasteiger partial charge in [-0.25, -0.2) is 8.78 Å². The molecule has 1 heterocycles. The summed E-state index contributed by atoms with van der Waals surface area (Å²) in [4.78, 5) is 0. The van der Waals surface area contributed by atoms with Crippen LogP contribution in [0.25, 0.3) is 0 Å². The lowest BCUT2D eigenvalue weighted by molar-refractivity contribution is 0.469. The van der Waals surface area contributed by atoms with Gasteiger partial charge in [-0.05, 0) is 42.7 Å². The third-order valence-electron chi connectivity index (χ3n) is 4.54. The topological polar surface area (TPSA) is 0 Å². The molecule has 20 heavy (non-hydrogen) atoms. The summed E-state index contributed by atoms with van der Waals surface area (Å²) >= 11 is 0. The molecule has 0 spiro atoms. The summed E-state index contributed by atoms with van der Waals surface area (Å²) in [5.41, 5.74) is 3.25.